The number of nitrogens with one attached hydrogen (secondary N) is 2. The third-order valence-electron chi connectivity index (χ3n) is 7.77. The lowest BCUT2D eigenvalue weighted by atomic mass is 10.0. The number of fused-ring (bicyclic) bond motifs is 1. The summed E-state index contributed by atoms with van der Waals surface area (Å²) in [5.74, 6) is -1.02. The molecular weight excluding hydrogens is 546 g/mol. The molecule has 0 spiro atoms. The van der Waals surface area contributed by atoms with Crippen molar-refractivity contribution in [2.45, 2.75) is 49.1 Å². The molecule has 4 rings (SSSR count). The summed E-state index contributed by atoms with van der Waals surface area (Å²) >= 11 is 0. The number of likely N-dealkylation sites (N-methyl/N-ethyl adjacent to an activating group) is 1. The molecule has 2 N–H and O–H groups in total. The number of nitrogens with zero attached hydrogens (tertiary/aromatic N) is 5. The van der Waals surface area contributed by atoms with Gasteiger partial charge in [-0.25, -0.2) is 8.42 Å². The van der Waals surface area contributed by atoms with E-state index >= 15 is 0 Å². The van der Waals surface area contributed by atoms with E-state index in [1.54, 1.807) is 69.1 Å². The molecule has 2 heterocycles. The predicted molar refractivity (Wildman–Crippen MR) is 152 cm³/mol. The van der Waals surface area contributed by atoms with Crippen LogP contribution < -0.4 is 10.6 Å². The number of nitriles is 1. The van der Waals surface area contributed by atoms with Crippen LogP contribution in [0, 0.1) is 11.3 Å². The molecule has 1 aliphatic carbocycles. The molecular formula is C28H37N7O5S. The topological polar surface area (TPSA) is 158 Å². The number of hydrogen-bond donors (Lipinski definition) is 2. The molecule has 2 aliphatic rings. The molecule has 2 aromatic rings. The number of carbonyl (C=O) groups is 3. The molecule has 12 nitrogen and oxygen atoms in total. The van der Waals surface area contributed by atoms with Crippen LogP contribution >= 0.6 is 0 Å². The molecule has 0 radical (unpaired) electrons. The fraction of sp³-hybridized carbons (Fsp3) is 0.536. The maximum absolute atomic E-state index is 13.8. The first-order valence-corrected chi connectivity index (χ1v) is 15.0. The number of amides is 3. The van der Waals surface area contributed by atoms with E-state index in [1.165, 1.54) is 4.68 Å². The lowest BCUT2D eigenvalue weighted by Gasteiger charge is -2.35. The number of aromatic nitrogens is 2. The van der Waals surface area contributed by atoms with Crippen LogP contribution in [0.3, 0.4) is 0 Å². The van der Waals surface area contributed by atoms with Crippen LogP contribution in [0.4, 0.5) is 0 Å². The average Bonchev–Trinajstić information content (AvgIpc) is 3.63. The molecule has 3 amide bonds. The second-order valence-corrected chi connectivity index (χ2v) is 14.7. The van der Waals surface area contributed by atoms with Crippen LogP contribution in [-0.4, -0.2) is 95.5 Å². The second kappa shape index (κ2) is 11.3. The van der Waals surface area contributed by atoms with E-state index in [0.717, 1.165) is 5.56 Å². The smallest absolute Gasteiger partial charge is 0.272 e. The molecule has 1 fully saturated rings. The molecule has 0 atom stereocenters. The normalized spacial score (nSPS) is 16.2. The van der Waals surface area contributed by atoms with Crippen molar-refractivity contribution in [2.75, 3.05) is 40.3 Å². The first kappa shape index (κ1) is 30.2. The highest BCUT2D eigenvalue weighted by Crippen LogP contribution is 2.49. The number of sulfone groups is 1. The van der Waals surface area contributed by atoms with E-state index in [-0.39, 0.29) is 55.9 Å². The minimum Gasteiger partial charge on any atom is -0.353 e. The first-order chi connectivity index (χ1) is 19.2. The first-order valence-electron chi connectivity index (χ1n) is 13.5. The number of rotatable bonds is 11. The van der Waals surface area contributed by atoms with Gasteiger partial charge in [-0.3, -0.25) is 19.1 Å². The quantitative estimate of drug-likeness (QED) is 0.390. The second-order valence-electron chi connectivity index (χ2n) is 11.7. The van der Waals surface area contributed by atoms with E-state index in [2.05, 4.69) is 21.8 Å². The third-order valence-corrected chi connectivity index (χ3v) is 11.1. The Hall–Kier alpha value is -3.76. The third kappa shape index (κ3) is 5.99. The van der Waals surface area contributed by atoms with E-state index in [9.17, 15) is 22.8 Å². The maximum atomic E-state index is 13.8. The van der Waals surface area contributed by atoms with Crippen molar-refractivity contribution in [1.29, 1.82) is 5.26 Å². The van der Waals surface area contributed by atoms with Gasteiger partial charge in [0, 0.05) is 38.8 Å². The number of hydrogen-bond acceptors (Lipinski definition) is 8. The summed E-state index contributed by atoms with van der Waals surface area (Å²) in [5, 5.41) is 18.8. The summed E-state index contributed by atoms with van der Waals surface area (Å²) < 4.78 is 26.7. The van der Waals surface area contributed by atoms with Gasteiger partial charge in [0.15, 0.2) is 15.5 Å². The Morgan fingerprint density at radius 3 is 2.41 bits per heavy atom. The van der Waals surface area contributed by atoms with Crippen LogP contribution in [-0.2, 0) is 34.6 Å². The Balaban J connectivity index is 1.44. The van der Waals surface area contributed by atoms with Crippen molar-refractivity contribution >= 4 is 27.6 Å². The Kier molecular flexibility index (Phi) is 8.29. The number of carbonyl (C=O) groups excluding carboxylic acids is 3. The molecule has 0 saturated heterocycles. The summed E-state index contributed by atoms with van der Waals surface area (Å²) in [6, 6.07) is 8.92. The summed E-state index contributed by atoms with van der Waals surface area (Å²) in [6.45, 7) is 3.91. The van der Waals surface area contributed by atoms with Crippen LogP contribution in [0.2, 0.25) is 0 Å². The van der Waals surface area contributed by atoms with Crippen LogP contribution in [0.15, 0.2) is 24.3 Å². The Bertz CT molecular complexity index is 1500. The van der Waals surface area contributed by atoms with Gasteiger partial charge < -0.3 is 20.4 Å². The molecule has 1 saturated carbocycles. The largest absolute Gasteiger partial charge is 0.353 e. The van der Waals surface area contributed by atoms with Crippen molar-refractivity contribution in [3.8, 4) is 6.07 Å². The number of aryl methyl sites for hydroxylation is 1. The van der Waals surface area contributed by atoms with Gasteiger partial charge in [0.1, 0.15) is 5.69 Å². The molecule has 1 aliphatic heterocycles. The SMILES string of the molecule is CN(C)CC(=O)NCC(C)(C)S(=O)(=O)C1(CN2CCc3c(C(=O)NCc4ccc(C#N)cc4)nn(C)c3C2=O)CC1. The van der Waals surface area contributed by atoms with Gasteiger partial charge in [-0.15, -0.1) is 0 Å². The highest BCUT2D eigenvalue weighted by molar-refractivity contribution is 7.94. The van der Waals surface area contributed by atoms with Crippen molar-refractivity contribution in [3.05, 3.63) is 52.3 Å². The van der Waals surface area contributed by atoms with Gasteiger partial charge in [-0.05, 0) is 64.9 Å². The van der Waals surface area contributed by atoms with Gasteiger partial charge >= 0.3 is 0 Å². The van der Waals surface area contributed by atoms with Gasteiger partial charge in [-0.1, -0.05) is 12.1 Å². The minimum absolute atomic E-state index is 0.0233. The highest BCUT2D eigenvalue weighted by Gasteiger charge is 2.61. The molecule has 1 aromatic heterocycles. The lowest BCUT2D eigenvalue weighted by molar-refractivity contribution is -0.121. The van der Waals surface area contributed by atoms with Gasteiger partial charge in [-0.2, -0.15) is 10.4 Å². The molecule has 220 valence electrons. The van der Waals surface area contributed by atoms with E-state index < -0.39 is 25.2 Å². The predicted octanol–water partition coefficient (Wildman–Crippen LogP) is 0.624. The highest BCUT2D eigenvalue weighted by atomic mass is 32.2. The Morgan fingerprint density at radius 1 is 1.17 bits per heavy atom. The van der Waals surface area contributed by atoms with Crippen LogP contribution in [0.1, 0.15) is 64.4 Å². The molecule has 1 aromatic carbocycles. The Labute approximate surface area is 240 Å². The summed E-state index contributed by atoms with van der Waals surface area (Å²) in [7, 11) is 1.39. The molecule has 41 heavy (non-hydrogen) atoms. The van der Waals surface area contributed by atoms with Crippen molar-refractivity contribution in [1.82, 2.24) is 30.2 Å². The van der Waals surface area contributed by atoms with Gasteiger partial charge in [0.2, 0.25) is 5.91 Å². The van der Waals surface area contributed by atoms with E-state index in [4.69, 9.17) is 5.26 Å². The standard InChI is InChI=1S/C28H37N7O5S/c1-27(2,17-31-22(36)16-33(3)4)41(39,40)28(11-12-28)18-35-13-10-21-23(32-34(5)24(21)26(35)38)25(37)30-15-20-8-6-19(14-29)7-9-20/h6-9H,10-13,15-18H2,1-5H3,(H,30,37)(H,31,36). The zero-order valence-electron chi connectivity index (χ0n) is 24.2. The van der Waals surface area contributed by atoms with E-state index in [1.807, 2.05) is 0 Å². The molecule has 13 heteroatoms. The zero-order valence-corrected chi connectivity index (χ0v) is 25.0. The minimum atomic E-state index is -3.73. The monoisotopic (exact) mass is 583 g/mol. The fourth-order valence-corrected chi connectivity index (χ4v) is 7.60. The van der Waals surface area contributed by atoms with Crippen molar-refractivity contribution in [2.24, 2.45) is 7.05 Å². The fourth-order valence-electron chi connectivity index (χ4n) is 5.20. The Morgan fingerprint density at radius 2 is 1.83 bits per heavy atom. The maximum Gasteiger partial charge on any atom is 0.272 e. The summed E-state index contributed by atoms with van der Waals surface area (Å²) in [6.07, 6.45) is 1.25. The van der Waals surface area contributed by atoms with Crippen LogP contribution in [0.25, 0.3) is 0 Å². The zero-order chi connectivity index (χ0) is 30.2. The van der Waals surface area contributed by atoms with E-state index in [0.29, 0.717) is 30.4 Å². The molecule has 0 bridgehead atoms. The average molecular weight is 584 g/mol. The van der Waals surface area contributed by atoms with Gasteiger partial charge in [0.05, 0.1) is 27.7 Å². The number of benzene rings is 1. The van der Waals surface area contributed by atoms with Crippen molar-refractivity contribution in [3.63, 3.8) is 0 Å². The van der Waals surface area contributed by atoms with Gasteiger partial charge in [0.25, 0.3) is 11.8 Å². The molecule has 0 unspecified atom stereocenters. The summed E-state index contributed by atoms with van der Waals surface area (Å²) in [4.78, 5) is 41.9. The summed E-state index contributed by atoms with van der Waals surface area (Å²) in [5.41, 5.74) is 2.34. The van der Waals surface area contributed by atoms with Crippen molar-refractivity contribution < 1.29 is 22.8 Å². The lowest BCUT2D eigenvalue weighted by Crippen LogP contribution is -2.54. The van der Waals surface area contributed by atoms with Crippen LogP contribution in [0.5, 0.6) is 0 Å².